The van der Waals surface area contributed by atoms with Gasteiger partial charge in [-0.15, -0.1) is 0 Å². The standard InChI is InChI=1S/C3H2N4O/c1-2-3(8-4-1)6-7-5-2/h1H,(H,5,6,7). The van der Waals surface area contributed by atoms with Gasteiger partial charge in [-0.05, 0) is 0 Å². The second-order valence-electron chi connectivity index (χ2n) is 1.36. The van der Waals surface area contributed by atoms with E-state index < -0.39 is 0 Å². The molecular weight excluding hydrogens is 108 g/mol. The minimum atomic E-state index is 0.449. The summed E-state index contributed by atoms with van der Waals surface area (Å²) in [6, 6.07) is 0. The van der Waals surface area contributed by atoms with Gasteiger partial charge in [0, 0.05) is 0 Å². The van der Waals surface area contributed by atoms with Crippen molar-refractivity contribution in [1.29, 1.82) is 0 Å². The van der Waals surface area contributed by atoms with Crippen molar-refractivity contribution in [1.82, 2.24) is 20.6 Å². The second-order valence-corrected chi connectivity index (χ2v) is 1.36. The second kappa shape index (κ2) is 1.06. The van der Waals surface area contributed by atoms with Crippen molar-refractivity contribution in [2.24, 2.45) is 0 Å². The molecule has 2 aromatic rings. The van der Waals surface area contributed by atoms with E-state index in [2.05, 4.69) is 25.1 Å². The Balaban J connectivity index is 3.06. The van der Waals surface area contributed by atoms with Gasteiger partial charge in [0.05, 0.1) is 6.20 Å². The van der Waals surface area contributed by atoms with Crippen LogP contribution in [0.25, 0.3) is 11.2 Å². The third kappa shape index (κ3) is 0.281. The monoisotopic (exact) mass is 110 g/mol. The van der Waals surface area contributed by atoms with Crippen molar-refractivity contribution in [3.8, 4) is 0 Å². The molecule has 2 aromatic heterocycles. The molecule has 8 heavy (non-hydrogen) atoms. The number of aromatic nitrogens is 4. The van der Waals surface area contributed by atoms with Gasteiger partial charge < -0.3 is 4.52 Å². The van der Waals surface area contributed by atoms with Crippen LogP contribution in [0.4, 0.5) is 0 Å². The summed E-state index contributed by atoms with van der Waals surface area (Å²) in [5.74, 6) is 0. The quantitative estimate of drug-likeness (QED) is 0.516. The summed E-state index contributed by atoms with van der Waals surface area (Å²) in [7, 11) is 0. The third-order valence-electron chi connectivity index (χ3n) is 0.863. The summed E-state index contributed by atoms with van der Waals surface area (Å²) in [6.07, 6.45) is 1.52. The van der Waals surface area contributed by atoms with E-state index in [0.29, 0.717) is 5.71 Å². The van der Waals surface area contributed by atoms with Gasteiger partial charge in [-0.2, -0.15) is 0 Å². The van der Waals surface area contributed by atoms with Crippen LogP contribution < -0.4 is 0 Å². The molecule has 0 atom stereocenters. The fourth-order valence-electron chi connectivity index (χ4n) is 0.506. The van der Waals surface area contributed by atoms with Gasteiger partial charge in [0.25, 0.3) is 5.71 Å². The molecular formula is C3H2N4O. The smallest absolute Gasteiger partial charge is 0.295 e. The molecule has 5 heteroatoms. The maximum Gasteiger partial charge on any atom is 0.295 e. The Morgan fingerprint density at radius 2 is 2.62 bits per heavy atom. The van der Waals surface area contributed by atoms with E-state index in [4.69, 9.17) is 0 Å². The van der Waals surface area contributed by atoms with Gasteiger partial charge in [-0.25, -0.2) is 0 Å². The maximum absolute atomic E-state index is 4.60. The predicted molar refractivity (Wildman–Crippen MR) is 23.9 cm³/mol. The van der Waals surface area contributed by atoms with E-state index in [-0.39, 0.29) is 0 Å². The molecule has 0 aliphatic rings. The van der Waals surface area contributed by atoms with Gasteiger partial charge in [0.2, 0.25) is 0 Å². The minimum Gasteiger partial charge on any atom is -0.332 e. The maximum atomic E-state index is 4.60. The van der Waals surface area contributed by atoms with Crippen LogP contribution in [0.3, 0.4) is 0 Å². The zero-order valence-electron chi connectivity index (χ0n) is 3.83. The normalized spacial score (nSPS) is 10.5. The number of nitrogens with zero attached hydrogens (tertiary/aromatic N) is 3. The largest absolute Gasteiger partial charge is 0.332 e. The Morgan fingerprint density at radius 1 is 1.62 bits per heavy atom. The summed E-state index contributed by atoms with van der Waals surface area (Å²) < 4.78 is 4.60. The lowest BCUT2D eigenvalue weighted by Gasteiger charge is -1.57. The number of hydrogen-bond donors (Lipinski definition) is 1. The van der Waals surface area contributed by atoms with Crippen LogP contribution >= 0.6 is 0 Å². The van der Waals surface area contributed by atoms with E-state index >= 15 is 0 Å². The Morgan fingerprint density at radius 3 is 3.50 bits per heavy atom. The zero-order valence-corrected chi connectivity index (χ0v) is 3.83. The third-order valence-corrected chi connectivity index (χ3v) is 0.863. The summed E-state index contributed by atoms with van der Waals surface area (Å²) in [6.45, 7) is 0. The first-order valence-electron chi connectivity index (χ1n) is 2.08. The first-order chi connectivity index (χ1) is 3.97. The number of rotatable bonds is 0. The van der Waals surface area contributed by atoms with Crippen LogP contribution in [-0.2, 0) is 0 Å². The minimum absolute atomic E-state index is 0.449. The fraction of sp³-hybridized carbons (Fsp3) is 0. The van der Waals surface area contributed by atoms with Crippen LogP contribution in [0.2, 0.25) is 0 Å². The molecule has 0 fully saturated rings. The molecule has 0 saturated heterocycles. The predicted octanol–water partition coefficient (Wildman–Crippen LogP) is -0.0541. The van der Waals surface area contributed by atoms with Crippen molar-refractivity contribution in [3.63, 3.8) is 0 Å². The molecule has 0 amide bonds. The molecule has 0 bridgehead atoms. The van der Waals surface area contributed by atoms with E-state index in [1.807, 2.05) is 0 Å². The van der Waals surface area contributed by atoms with Crippen molar-refractivity contribution < 1.29 is 4.52 Å². The zero-order chi connectivity index (χ0) is 5.40. The van der Waals surface area contributed by atoms with Gasteiger partial charge >= 0.3 is 0 Å². The van der Waals surface area contributed by atoms with Crippen LogP contribution in [0, 0.1) is 0 Å². The molecule has 1 N–H and O–H groups in total. The summed E-state index contributed by atoms with van der Waals surface area (Å²) in [5, 5.41) is 13.0. The molecule has 0 saturated carbocycles. The number of hydrogen-bond acceptors (Lipinski definition) is 4. The van der Waals surface area contributed by atoms with E-state index in [1.165, 1.54) is 6.20 Å². The highest BCUT2D eigenvalue weighted by Gasteiger charge is 1.97. The molecule has 0 aliphatic heterocycles. The van der Waals surface area contributed by atoms with Gasteiger partial charge in [0.15, 0.2) is 0 Å². The summed E-state index contributed by atoms with van der Waals surface area (Å²) >= 11 is 0. The topological polar surface area (TPSA) is 67.6 Å². The van der Waals surface area contributed by atoms with Crippen LogP contribution in [-0.4, -0.2) is 20.6 Å². The van der Waals surface area contributed by atoms with Gasteiger partial charge in [-0.3, -0.25) is 5.10 Å². The Bertz CT molecular complexity index is 233. The highest BCUT2D eigenvalue weighted by Crippen LogP contribution is 2.01. The summed E-state index contributed by atoms with van der Waals surface area (Å²) in [4.78, 5) is 0. The van der Waals surface area contributed by atoms with Gasteiger partial charge in [-0.1, -0.05) is 15.5 Å². The average Bonchev–Trinajstić information content (AvgIpc) is 2.15. The summed E-state index contributed by atoms with van der Waals surface area (Å²) in [5.41, 5.74) is 1.18. The van der Waals surface area contributed by atoms with Crippen molar-refractivity contribution >= 4 is 11.2 Å². The van der Waals surface area contributed by atoms with Crippen LogP contribution in [0.1, 0.15) is 0 Å². The first-order valence-corrected chi connectivity index (χ1v) is 2.08. The lowest BCUT2D eigenvalue weighted by atomic mass is 10.6. The molecule has 40 valence electrons. The number of nitrogens with one attached hydrogen (secondary N) is 1. The van der Waals surface area contributed by atoms with Crippen LogP contribution in [0.5, 0.6) is 0 Å². The highest BCUT2D eigenvalue weighted by atomic mass is 16.5. The fourth-order valence-corrected chi connectivity index (χ4v) is 0.506. The molecule has 0 radical (unpaired) electrons. The Hall–Kier alpha value is -1.39. The Labute approximate surface area is 43.7 Å². The lowest BCUT2D eigenvalue weighted by Crippen LogP contribution is -1.66. The Kier molecular flexibility index (Phi) is 0.476. The number of H-pyrrole nitrogens is 1. The highest BCUT2D eigenvalue weighted by molar-refractivity contribution is 5.64. The molecule has 5 nitrogen and oxygen atoms in total. The van der Waals surface area contributed by atoms with Crippen molar-refractivity contribution in [3.05, 3.63) is 6.20 Å². The van der Waals surface area contributed by atoms with Crippen molar-refractivity contribution in [2.75, 3.05) is 0 Å². The first kappa shape index (κ1) is 3.59. The average molecular weight is 110 g/mol. The number of aromatic amines is 1. The van der Waals surface area contributed by atoms with E-state index in [0.717, 1.165) is 5.52 Å². The van der Waals surface area contributed by atoms with Crippen molar-refractivity contribution in [2.45, 2.75) is 0 Å². The van der Waals surface area contributed by atoms with Crippen LogP contribution in [0.15, 0.2) is 10.7 Å². The van der Waals surface area contributed by atoms with Gasteiger partial charge in [0.1, 0.15) is 5.52 Å². The lowest BCUT2D eigenvalue weighted by molar-refractivity contribution is 0.446. The molecule has 0 spiro atoms. The van der Waals surface area contributed by atoms with E-state index in [9.17, 15) is 0 Å². The SMILES string of the molecule is c1noc2nn[nH]c12. The molecule has 0 aromatic carbocycles. The molecule has 2 rings (SSSR count). The van der Waals surface area contributed by atoms with E-state index in [1.54, 1.807) is 0 Å². The molecule has 2 heterocycles. The number of fused-ring (bicyclic) bond motifs is 1. The molecule has 0 aliphatic carbocycles. The molecule has 0 unspecified atom stereocenters.